The number of carbonyl (C=O) groups excluding carboxylic acids is 1. The first-order valence-electron chi connectivity index (χ1n) is 5.61. The zero-order valence-electron chi connectivity index (χ0n) is 10.1. The maximum Gasteiger partial charge on any atom is 0.222 e. The first-order chi connectivity index (χ1) is 7.57. The molecular weight excluding hydrogens is 202 g/mol. The molecule has 16 heavy (non-hydrogen) atoms. The molecule has 0 aromatic heterocycles. The van der Waals surface area contributed by atoms with E-state index in [2.05, 4.69) is 0 Å². The van der Waals surface area contributed by atoms with Gasteiger partial charge < -0.3 is 10.0 Å². The normalized spacial score (nSPS) is 12.2. The summed E-state index contributed by atoms with van der Waals surface area (Å²) in [5, 5.41) is 9.70. The summed E-state index contributed by atoms with van der Waals surface area (Å²) < 4.78 is 0. The summed E-state index contributed by atoms with van der Waals surface area (Å²) in [5.41, 5.74) is 0.787. The number of hydrogen-bond donors (Lipinski definition) is 1. The van der Waals surface area contributed by atoms with Crippen LogP contribution in [0.5, 0.6) is 5.75 Å². The zero-order chi connectivity index (χ0) is 12.1. The molecule has 3 heteroatoms. The lowest BCUT2D eigenvalue weighted by Crippen LogP contribution is -2.29. The third-order valence-corrected chi connectivity index (χ3v) is 2.83. The number of phenolic OH excluding ortho intramolecular Hbond substituents is 1. The van der Waals surface area contributed by atoms with Crippen LogP contribution >= 0.6 is 0 Å². The summed E-state index contributed by atoms with van der Waals surface area (Å²) in [6.45, 7) is 3.90. The maximum absolute atomic E-state index is 11.7. The Labute approximate surface area is 96.7 Å². The number of hydrogen-bond acceptors (Lipinski definition) is 2. The summed E-state index contributed by atoms with van der Waals surface area (Å²) in [7, 11) is 1.77. The van der Waals surface area contributed by atoms with Crippen LogP contribution in [0.1, 0.15) is 38.3 Å². The minimum absolute atomic E-state index is 0.0970. The van der Waals surface area contributed by atoms with Crippen LogP contribution in [0.2, 0.25) is 0 Å². The molecule has 1 atom stereocenters. The number of benzene rings is 1. The molecule has 1 rings (SSSR count). The van der Waals surface area contributed by atoms with Crippen molar-refractivity contribution in [1.82, 2.24) is 4.90 Å². The van der Waals surface area contributed by atoms with Crippen LogP contribution < -0.4 is 0 Å². The third kappa shape index (κ3) is 2.75. The molecule has 0 aliphatic carbocycles. The number of para-hydroxylation sites is 1. The molecular formula is C13H19NO2. The number of amides is 1. The molecule has 0 radical (unpaired) electrons. The molecule has 1 amide bonds. The second-order valence-electron chi connectivity index (χ2n) is 3.99. The molecule has 1 aromatic carbocycles. The van der Waals surface area contributed by atoms with Gasteiger partial charge in [-0.05, 0) is 19.4 Å². The van der Waals surface area contributed by atoms with Crippen molar-refractivity contribution in [2.75, 3.05) is 7.05 Å². The number of nitrogens with zero attached hydrogens (tertiary/aromatic N) is 1. The van der Waals surface area contributed by atoms with Gasteiger partial charge in [-0.2, -0.15) is 0 Å². The van der Waals surface area contributed by atoms with E-state index in [1.54, 1.807) is 24.1 Å². The van der Waals surface area contributed by atoms with Crippen LogP contribution in [0, 0.1) is 0 Å². The highest BCUT2D eigenvalue weighted by Crippen LogP contribution is 2.27. The lowest BCUT2D eigenvalue weighted by atomic mass is 10.1. The predicted molar refractivity (Wildman–Crippen MR) is 64.2 cm³/mol. The highest BCUT2D eigenvalue weighted by atomic mass is 16.3. The van der Waals surface area contributed by atoms with Crippen LogP contribution in [0.25, 0.3) is 0 Å². The number of carbonyl (C=O) groups is 1. The van der Waals surface area contributed by atoms with Crippen LogP contribution in [0.4, 0.5) is 0 Å². The molecule has 3 nitrogen and oxygen atoms in total. The van der Waals surface area contributed by atoms with Gasteiger partial charge in [0.2, 0.25) is 5.91 Å². The van der Waals surface area contributed by atoms with Crippen LogP contribution in [0.15, 0.2) is 24.3 Å². The second-order valence-corrected chi connectivity index (χ2v) is 3.99. The number of aromatic hydroxyl groups is 1. The SMILES string of the molecule is CCCC(=O)N(C)C(C)c1ccccc1O. The van der Waals surface area contributed by atoms with Gasteiger partial charge in [0.15, 0.2) is 0 Å². The van der Waals surface area contributed by atoms with E-state index < -0.39 is 0 Å². The van der Waals surface area contributed by atoms with Gasteiger partial charge in [-0.15, -0.1) is 0 Å². The molecule has 0 aliphatic heterocycles. The van der Waals surface area contributed by atoms with Gasteiger partial charge in [-0.3, -0.25) is 4.79 Å². The molecule has 1 unspecified atom stereocenters. The van der Waals surface area contributed by atoms with Gasteiger partial charge in [-0.1, -0.05) is 25.1 Å². The Balaban J connectivity index is 2.82. The topological polar surface area (TPSA) is 40.5 Å². The molecule has 0 spiro atoms. The lowest BCUT2D eigenvalue weighted by molar-refractivity contribution is -0.131. The van der Waals surface area contributed by atoms with E-state index in [1.165, 1.54) is 0 Å². The fraction of sp³-hybridized carbons (Fsp3) is 0.462. The van der Waals surface area contributed by atoms with Gasteiger partial charge in [0.1, 0.15) is 5.75 Å². The van der Waals surface area contributed by atoms with Crippen LogP contribution in [-0.2, 0) is 4.79 Å². The van der Waals surface area contributed by atoms with Crippen molar-refractivity contribution in [1.29, 1.82) is 0 Å². The highest BCUT2D eigenvalue weighted by Gasteiger charge is 2.18. The van der Waals surface area contributed by atoms with E-state index in [1.807, 2.05) is 26.0 Å². The average molecular weight is 221 g/mol. The van der Waals surface area contributed by atoms with Crippen molar-refractivity contribution in [3.63, 3.8) is 0 Å². The van der Waals surface area contributed by atoms with E-state index in [0.29, 0.717) is 6.42 Å². The standard InChI is InChI=1S/C13H19NO2/c1-4-7-13(16)14(3)10(2)11-8-5-6-9-12(11)15/h5-6,8-10,15H,4,7H2,1-3H3. The number of rotatable bonds is 4. The highest BCUT2D eigenvalue weighted by molar-refractivity contribution is 5.76. The summed E-state index contributed by atoms with van der Waals surface area (Å²) in [6.07, 6.45) is 1.39. The molecule has 0 saturated heterocycles. The smallest absolute Gasteiger partial charge is 0.222 e. The third-order valence-electron chi connectivity index (χ3n) is 2.83. The zero-order valence-corrected chi connectivity index (χ0v) is 10.1. The Hall–Kier alpha value is -1.51. The Kier molecular flexibility index (Phi) is 4.35. The van der Waals surface area contributed by atoms with Crippen LogP contribution in [0.3, 0.4) is 0 Å². The fourth-order valence-corrected chi connectivity index (χ4v) is 1.66. The van der Waals surface area contributed by atoms with E-state index >= 15 is 0 Å². The first-order valence-corrected chi connectivity index (χ1v) is 5.61. The van der Waals surface area contributed by atoms with Crippen molar-refractivity contribution >= 4 is 5.91 Å². The Morgan fingerprint density at radius 2 is 2.06 bits per heavy atom. The van der Waals surface area contributed by atoms with E-state index in [9.17, 15) is 9.90 Å². The first kappa shape index (κ1) is 12.6. The summed E-state index contributed by atoms with van der Waals surface area (Å²) >= 11 is 0. The Morgan fingerprint density at radius 3 is 2.62 bits per heavy atom. The van der Waals surface area contributed by atoms with Crippen LogP contribution in [-0.4, -0.2) is 23.0 Å². The predicted octanol–water partition coefficient (Wildman–Crippen LogP) is 2.71. The van der Waals surface area contributed by atoms with Crippen molar-refractivity contribution < 1.29 is 9.90 Å². The molecule has 1 N–H and O–H groups in total. The van der Waals surface area contributed by atoms with Crippen molar-refractivity contribution in [2.45, 2.75) is 32.7 Å². The Morgan fingerprint density at radius 1 is 1.44 bits per heavy atom. The Bertz CT molecular complexity index is 363. The van der Waals surface area contributed by atoms with Crippen molar-refractivity contribution in [3.8, 4) is 5.75 Å². The molecule has 88 valence electrons. The molecule has 0 aliphatic rings. The van der Waals surface area contributed by atoms with Crippen molar-refractivity contribution in [2.24, 2.45) is 0 Å². The average Bonchev–Trinajstić information content (AvgIpc) is 2.28. The monoisotopic (exact) mass is 221 g/mol. The van der Waals surface area contributed by atoms with Gasteiger partial charge in [0.25, 0.3) is 0 Å². The van der Waals surface area contributed by atoms with Gasteiger partial charge in [-0.25, -0.2) is 0 Å². The quantitative estimate of drug-likeness (QED) is 0.849. The minimum atomic E-state index is -0.0970. The van der Waals surface area contributed by atoms with Gasteiger partial charge in [0, 0.05) is 19.0 Å². The summed E-state index contributed by atoms with van der Waals surface area (Å²) in [6, 6.07) is 7.03. The molecule has 0 fully saturated rings. The minimum Gasteiger partial charge on any atom is -0.508 e. The molecule has 0 bridgehead atoms. The molecule has 0 heterocycles. The van der Waals surface area contributed by atoms with Crippen molar-refractivity contribution in [3.05, 3.63) is 29.8 Å². The van der Waals surface area contributed by atoms with Gasteiger partial charge in [0.05, 0.1) is 6.04 Å². The summed E-state index contributed by atoms with van der Waals surface area (Å²) in [5.74, 6) is 0.351. The second kappa shape index (κ2) is 5.54. The van der Waals surface area contributed by atoms with Gasteiger partial charge >= 0.3 is 0 Å². The fourth-order valence-electron chi connectivity index (χ4n) is 1.66. The largest absolute Gasteiger partial charge is 0.508 e. The lowest BCUT2D eigenvalue weighted by Gasteiger charge is -2.25. The van der Waals surface area contributed by atoms with E-state index in [4.69, 9.17) is 0 Å². The number of phenols is 1. The molecule has 0 saturated carbocycles. The summed E-state index contributed by atoms with van der Waals surface area (Å²) in [4.78, 5) is 13.4. The van der Waals surface area contributed by atoms with E-state index in [-0.39, 0.29) is 17.7 Å². The molecule has 1 aromatic rings. The van der Waals surface area contributed by atoms with E-state index in [0.717, 1.165) is 12.0 Å². The maximum atomic E-state index is 11.7.